The van der Waals surface area contributed by atoms with E-state index in [4.69, 9.17) is 0 Å². The van der Waals surface area contributed by atoms with Crippen LogP contribution in [0.25, 0.3) is 6.08 Å². The molecule has 0 aromatic carbocycles. The van der Waals surface area contributed by atoms with Gasteiger partial charge in [-0.3, -0.25) is 0 Å². The lowest BCUT2D eigenvalue weighted by Gasteiger charge is -1.87. The second-order valence-electron chi connectivity index (χ2n) is 2.00. The Morgan fingerprint density at radius 3 is 2.92 bits per heavy atom. The van der Waals surface area contributed by atoms with Gasteiger partial charge in [-0.25, -0.2) is 4.79 Å². The lowest BCUT2D eigenvalue weighted by molar-refractivity contribution is -0.134. The van der Waals surface area contributed by atoms with Crippen LogP contribution in [-0.2, 0) is 9.53 Å². The molecule has 1 heterocycles. The number of carbonyl (C=O) groups is 1. The largest absolute Gasteiger partial charge is 0.466 e. The molecule has 0 saturated heterocycles. The minimum absolute atomic E-state index is 0.321. The monoisotopic (exact) mass is 294 g/mol. The highest BCUT2D eigenvalue weighted by Gasteiger charge is 1.94. The van der Waals surface area contributed by atoms with Crippen molar-refractivity contribution in [2.75, 3.05) is 7.11 Å². The van der Waals surface area contributed by atoms with E-state index in [1.54, 1.807) is 17.4 Å². The minimum Gasteiger partial charge on any atom is -0.466 e. The van der Waals surface area contributed by atoms with Crippen molar-refractivity contribution in [3.8, 4) is 0 Å². The molecule has 0 aliphatic heterocycles. The maximum Gasteiger partial charge on any atom is 0.330 e. The quantitative estimate of drug-likeness (QED) is 0.476. The molecule has 12 heavy (non-hydrogen) atoms. The summed E-state index contributed by atoms with van der Waals surface area (Å²) >= 11 is 3.87. The summed E-state index contributed by atoms with van der Waals surface area (Å²) in [5.74, 6) is -0.321. The molecular weight excluding hydrogens is 287 g/mol. The first kappa shape index (κ1) is 9.73. The molecule has 0 amide bonds. The number of thiophene rings is 1. The van der Waals surface area contributed by atoms with Crippen molar-refractivity contribution in [2.45, 2.75) is 0 Å². The van der Waals surface area contributed by atoms with Gasteiger partial charge in [0.15, 0.2) is 0 Å². The summed E-state index contributed by atoms with van der Waals surface area (Å²) in [7, 11) is 1.37. The molecule has 1 rings (SSSR count). The lowest BCUT2D eigenvalue weighted by Crippen LogP contribution is -1.92. The van der Waals surface area contributed by atoms with Crippen LogP contribution in [0, 0.1) is 2.88 Å². The second-order valence-corrected chi connectivity index (χ2v) is 5.01. The molecule has 0 radical (unpaired) electrons. The van der Waals surface area contributed by atoms with Gasteiger partial charge in [0.1, 0.15) is 0 Å². The zero-order valence-electron chi connectivity index (χ0n) is 6.41. The first-order valence-electron chi connectivity index (χ1n) is 3.24. The van der Waals surface area contributed by atoms with Crippen molar-refractivity contribution < 1.29 is 9.53 Å². The molecule has 0 fully saturated rings. The van der Waals surface area contributed by atoms with Crippen LogP contribution < -0.4 is 0 Å². The summed E-state index contributed by atoms with van der Waals surface area (Å²) in [6.45, 7) is 0. The van der Waals surface area contributed by atoms with Crippen molar-refractivity contribution in [1.29, 1.82) is 0 Å². The summed E-state index contributed by atoms with van der Waals surface area (Å²) in [6, 6.07) is 3.97. The van der Waals surface area contributed by atoms with Crippen molar-refractivity contribution in [3.63, 3.8) is 0 Å². The van der Waals surface area contributed by atoms with Crippen molar-refractivity contribution in [3.05, 3.63) is 26.0 Å². The number of esters is 1. The fourth-order valence-corrected chi connectivity index (χ4v) is 2.21. The number of hydrogen-bond acceptors (Lipinski definition) is 3. The summed E-state index contributed by atoms with van der Waals surface area (Å²) in [5.41, 5.74) is 0. The Morgan fingerprint density at radius 1 is 1.67 bits per heavy atom. The minimum atomic E-state index is -0.321. The van der Waals surface area contributed by atoms with Crippen LogP contribution in [0.4, 0.5) is 0 Å². The summed E-state index contributed by atoms with van der Waals surface area (Å²) in [6.07, 6.45) is 3.17. The van der Waals surface area contributed by atoms with E-state index in [0.717, 1.165) is 4.88 Å². The maximum absolute atomic E-state index is 10.7. The highest BCUT2D eigenvalue weighted by molar-refractivity contribution is 14.1. The SMILES string of the molecule is COC(=O)/C=C/c1ccc(I)s1. The van der Waals surface area contributed by atoms with Gasteiger partial charge < -0.3 is 4.74 Å². The van der Waals surface area contributed by atoms with E-state index in [-0.39, 0.29) is 5.97 Å². The zero-order chi connectivity index (χ0) is 8.97. The Bertz CT molecular complexity index is 304. The molecule has 0 saturated carbocycles. The van der Waals surface area contributed by atoms with Crippen LogP contribution in [0.1, 0.15) is 4.88 Å². The standard InChI is InChI=1S/C8H7IO2S/c1-11-8(10)5-3-6-2-4-7(9)12-6/h2-5H,1H3/b5-3+. The molecule has 0 aliphatic carbocycles. The normalized spacial score (nSPS) is 10.5. The highest BCUT2D eigenvalue weighted by Crippen LogP contribution is 2.19. The van der Waals surface area contributed by atoms with Crippen LogP contribution >= 0.6 is 33.9 Å². The smallest absolute Gasteiger partial charge is 0.330 e. The highest BCUT2D eigenvalue weighted by atomic mass is 127. The van der Waals surface area contributed by atoms with E-state index in [1.165, 1.54) is 16.1 Å². The first-order valence-corrected chi connectivity index (χ1v) is 5.13. The first-order chi connectivity index (χ1) is 5.72. The van der Waals surface area contributed by atoms with Crippen molar-refractivity contribution in [2.24, 2.45) is 0 Å². The van der Waals surface area contributed by atoms with Crippen LogP contribution in [0.5, 0.6) is 0 Å². The van der Waals surface area contributed by atoms with E-state index in [0.29, 0.717) is 0 Å². The average molecular weight is 294 g/mol. The molecule has 64 valence electrons. The van der Waals surface area contributed by atoms with Gasteiger partial charge in [-0.1, -0.05) is 0 Å². The fourth-order valence-electron chi connectivity index (χ4n) is 0.636. The summed E-state index contributed by atoms with van der Waals surface area (Å²) in [4.78, 5) is 11.7. The van der Waals surface area contributed by atoms with Gasteiger partial charge in [-0.2, -0.15) is 0 Å². The van der Waals surface area contributed by atoms with E-state index >= 15 is 0 Å². The van der Waals surface area contributed by atoms with Gasteiger partial charge in [-0.15, -0.1) is 11.3 Å². The van der Waals surface area contributed by atoms with Gasteiger partial charge in [0, 0.05) is 11.0 Å². The van der Waals surface area contributed by atoms with Gasteiger partial charge in [0.2, 0.25) is 0 Å². The number of hydrogen-bond donors (Lipinski definition) is 0. The van der Waals surface area contributed by atoms with E-state index in [1.807, 2.05) is 12.1 Å². The van der Waals surface area contributed by atoms with Crippen LogP contribution in [0.15, 0.2) is 18.2 Å². The number of methoxy groups -OCH3 is 1. The Balaban J connectivity index is 2.63. The average Bonchev–Trinajstić information content (AvgIpc) is 2.47. The van der Waals surface area contributed by atoms with Gasteiger partial charge in [0.25, 0.3) is 0 Å². The molecule has 0 bridgehead atoms. The van der Waals surface area contributed by atoms with Crippen LogP contribution in [0.3, 0.4) is 0 Å². The second kappa shape index (κ2) is 4.61. The third-order valence-electron chi connectivity index (χ3n) is 1.18. The van der Waals surface area contributed by atoms with E-state index < -0.39 is 0 Å². The Hall–Kier alpha value is -0.360. The predicted molar refractivity (Wildman–Crippen MR) is 58.1 cm³/mol. The maximum atomic E-state index is 10.7. The van der Waals surface area contributed by atoms with Crippen LogP contribution in [-0.4, -0.2) is 13.1 Å². The molecule has 0 unspecified atom stereocenters. The molecule has 0 aliphatic rings. The summed E-state index contributed by atoms with van der Waals surface area (Å²) < 4.78 is 5.66. The zero-order valence-corrected chi connectivity index (χ0v) is 9.39. The number of halogens is 1. The Kier molecular flexibility index (Phi) is 3.74. The lowest BCUT2D eigenvalue weighted by atomic mass is 10.4. The molecule has 0 N–H and O–H groups in total. The Labute approximate surface area is 88.4 Å². The fraction of sp³-hybridized carbons (Fsp3) is 0.125. The van der Waals surface area contributed by atoms with Gasteiger partial charge >= 0.3 is 5.97 Å². The van der Waals surface area contributed by atoms with E-state index in [9.17, 15) is 4.79 Å². The number of rotatable bonds is 2. The number of carbonyl (C=O) groups excluding carboxylic acids is 1. The number of ether oxygens (including phenoxy) is 1. The third-order valence-corrected chi connectivity index (χ3v) is 3.04. The van der Waals surface area contributed by atoms with E-state index in [2.05, 4.69) is 27.3 Å². The molecular formula is C8H7IO2S. The van der Waals surface area contributed by atoms with Crippen molar-refractivity contribution in [1.82, 2.24) is 0 Å². The predicted octanol–water partition coefficient (Wildman–Crippen LogP) is 2.54. The van der Waals surface area contributed by atoms with Gasteiger partial charge in [0.05, 0.1) is 9.99 Å². The molecule has 1 aromatic rings. The molecule has 1 aromatic heterocycles. The third kappa shape index (κ3) is 2.94. The molecule has 2 nitrogen and oxygen atoms in total. The topological polar surface area (TPSA) is 26.3 Å². The van der Waals surface area contributed by atoms with Crippen molar-refractivity contribution >= 4 is 46.0 Å². The molecule has 0 atom stereocenters. The Morgan fingerprint density at radius 2 is 2.42 bits per heavy atom. The molecule has 4 heteroatoms. The summed E-state index contributed by atoms with van der Waals surface area (Å²) in [5, 5.41) is 0. The molecule has 0 spiro atoms. The van der Waals surface area contributed by atoms with Crippen LogP contribution in [0.2, 0.25) is 0 Å². The van der Waals surface area contributed by atoms with Gasteiger partial charge in [-0.05, 0) is 40.8 Å².